The highest BCUT2D eigenvalue weighted by molar-refractivity contribution is 5.92. The molecule has 0 aromatic rings. The van der Waals surface area contributed by atoms with Crippen LogP contribution in [0.3, 0.4) is 0 Å². The van der Waals surface area contributed by atoms with Crippen molar-refractivity contribution in [3.63, 3.8) is 0 Å². The molecule has 0 saturated heterocycles. The van der Waals surface area contributed by atoms with Gasteiger partial charge in [0.25, 0.3) is 0 Å². The zero-order chi connectivity index (χ0) is 10.4. The van der Waals surface area contributed by atoms with Gasteiger partial charge in [0.1, 0.15) is 0 Å². The number of carbonyl (C=O) groups is 1. The average molecular weight is 194 g/mol. The number of carbonyl (C=O) groups excluding carboxylic acids is 1. The Hall–Kier alpha value is -0.590. The lowest BCUT2D eigenvalue weighted by atomic mass is 9.86. The van der Waals surface area contributed by atoms with Gasteiger partial charge in [-0.25, -0.2) is 0 Å². The minimum atomic E-state index is 0.216. The van der Waals surface area contributed by atoms with E-state index in [-0.39, 0.29) is 5.78 Å². The van der Waals surface area contributed by atoms with Gasteiger partial charge < -0.3 is 0 Å². The Bertz CT molecular complexity index is 209. The molecule has 1 fully saturated rings. The lowest BCUT2D eigenvalue weighted by molar-refractivity contribution is -0.113. The van der Waals surface area contributed by atoms with Crippen LogP contribution in [-0.4, -0.2) is 5.78 Å². The highest BCUT2D eigenvalue weighted by Gasteiger charge is 2.12. The van der Waals surface area contributed by atoms with Gasteiger partial charge in [0, 0.05) is 0 Å². The van der Waals surface area contributed by atoms with Gasteiger partial charge in [-0.15, -0.1) is 0 Å². The molecule has 0 aromatic carbocycles. The summed E-state index contributed by atoms with van der Waals surface area (Å²) < 4.78 is 0. The van der Waals surface area contributed by atoms with Crippen LogP contribution in [-0.2, 0) is 4.79 Å². The summed E-state index contributed by atoms with van der Waals surface area (Å²) in [6.45, 7) is 3.57. The first kappa shape index (κ1) is 11.5. The van der Waals surface area contributed by atoms with Crippen LogP contribution in [0, 0.1) is 5.92 Å². The second-order valence-electron chi connectivity index (χ2n) is 4.52. The molecule has 0 amide bonds. The van der Waals surface area contributed by atoms with Crippen molar-refractivity contribution >= 4 is 5.78 Å². The molecule has 0 unspecified atom stereocenters. The number of hydrogen-bond acceptors (Lipinski definition) is 1. The van der Waals surface area contributed by atoms with E-state index in [0.717, 1.165) is 17.9 Å². The summed E-state index contributed by atoms with van der Waals surface area (Å²) in [5.74, 6) is 1.15. The second-order valence-corrected chi connectivity index (χ2v) is 4.52. The van der Waals surface area contributed by atoms with Crippen LogP contribution in [0.5, 0.6) is 0 Å². The van der Waals surface area contributed by atoms with E-state index < -0.39 is 0 Å². The molecule has 0 radical (unpaired) electrons. The summed E-state index contributed by atoms with van der Waals surface area (Å²) in [7, 11) is 0. The maximum absolute atomic E-state index is 11.0. The fourth-order valence-corrected chi connectivity index (χ4v) is 2.16. The molecule has 0 N–H and O–H groups in total. The van der Waals surface area contributed by atoms with Gasteiger partial charge in [-0.3, -0.25) is 4.79 Å². The maximum atomic E-state index is 11.0. The smallest absolute Gasteiger partial charge is 0.155 e. The van der Waals surface area contributed by atoms with E-state index >= 15 is 0 Å². The summed E-state index contributed by atoms with van der Waals surface area (Å²) in [6, 6.07) is 0. The molecule has 1 aliphatic rings. The van der Waals surface area contributed by atoms with Crippen LogP contribution in [0.4, 0.5) is 0 Å². The van der Waals surface area contributed by atoms with E-state index in [2.05, 4.69) is 6.08 Å². The van der Waals surface area contributed by atoms with Gasteiger partial charge in [0.05, 0.1) is 0 Å². The summed E-state index contributed by atoms with van der Waals surface area (Å²) >= 11 is 0. The molecule has 0 aromatic heterocycles. The maximum Gasteiger partial charge on any atom is 0.155 e. The number of rotatable bonds is 4. The van der Waals surface area contributed by atoms with Crippen LogP contribution in [0.25, 0.3) is 0 Å². The molecule has 1 rings (SSSR count). The standard InChI is InChI=1S/C13H22O/c1-11(12(2)14)7-6-10-13-8-4-3-5-9-13/h7,13H,3-6,8-10H2,1-2H3. The lowest BCUT2D eigenvalue weighted by Crippen LogP contribution is -2.05. The summed E-state index contributed by atoms with van der Waals surface area (Å²) in [6.07, 6.45) is 11.6. The largest absolute Gasteiger partial charge is 0.295 e. The Morgan fingerprint density at radius 1 is 1.21 bits per heavy atom. The zero-order valence-corrected chi connectivity index (χ0v) is 9.51. The van der Waals surface area contributed by atoms with Crippen LogP contribution >= 0.6 is 0 Å². The van der Waals surface area contributed by atoms with Crippen molar-refractivity contribution in [1.82, 2.24) is 0 Å². The fourth-order valence-electron chi connectivity index (χ4n) is 2.16. The first-order valence-corrected chi connectivity index (χ1v) is 5.88. The molecule has 0 aliphatic heterocycles. The average Bonchev–Trinajstić information content (AvgIpc) is 2.19. The molecule has 1 aliphatic carbocycles. The predicted molar refractivity (Wildman–Crippen MR) is 60.2 cm³/mol. The number of allylic oxidation sites excluding steroid dienone is 2. The highest BCUT2D eigenvalue weighted by atomic mass is 16.1. The van der Waals surface area contributed by atoms with Gasteiger partial charge in [0.15, 0.2) is 5.78 Å². The van der Waals surface area contributed by atoms with Crippen LogP contribution in [0.1, 0.15) is 58.8 Å². The molecular formula is C13H22O. The predicted octanol–water partition coefficient (Wildman–Crippen LogP) is 3.88. The van der Waals surface area contributed by atoms with Crippen molar-refractivity contribution in [2.45, 2.75) is 58.8 Å². The molecule has 1 saturated carbocycles. The highest BCUT2D eigenvalue weighted by Crippen LogP contribution is 2.27. The van der Waals surface area contributed by atoms with Crippen molar-refractivity contribution in [2.75, 3.05) is 0 Å². The van der Waals surface area contributed by atoms with E-state index in [1.165, 1.54) is 38.5 Å². The molecule has 80 valence electrons. The lowest BCUT2D eigenvalue weighted by Gasteiger charge is -2.20. The van der Waals surface area contributed by atoms with E-state index in [0.29, 0.717) is 0 Å². The molecule has 1 nitrogen and oxygen atoms in total. The van der Waals surface area contributed by atoms with Gasteiger partial charge >= 0.3 is 0 Å². The topological polar surface area (TPSA) is 17.1 Å². The second kappa shape index (κ2) is 6.00. The van der Waals surface area contributed by atoms with E-state index in [4.69, 9.17) is 0 Å². The monoisotopic (exact) mass is 194 g/mol. The van der Waals surface area contributed by atoms with Gasteiger partial charge in [0.2, 0.25) is 0 Å². The third-order valence-corrected chi connectivity index (χ3v) is 3.31. The van der Waals surface area contributed by atoms with Gasteiger partial charge in [-0.1, -0.05) is 38.2 Å². The van der Waals surface area contributed by atoms with E-state index in [1.807, 2.05) is 6.92 Å². The summed E-state index contributed by atoms with van der Waals surface area (Å²) in [5.41, 5.74) is 0.931. The SMILES string of the molecule is CC(=O)C(C)=CCCC1CCCCC1. The first-order valence-electron chi connectivity index (χ1n) is 5.88. The Morgan fingerprint density at radius 3 is 2.43 bits per heavy atom. The van der Waals surface area contributed by atoms with Gasteiger partial charge in [-0.05, 0) is 38.2 Å². The third-order valence-electron chi connectivity index (χ3n) is 3.31. The molecule has 14 heavy (non-hydrogen) atoms. The van der Waals surface area contributed by atoms with Crippen molar-refractivity contribution < 1.29 is 4.79 Å². The van der Waals surface area contributed by atoms with Crippen molar-refractivity contribution in [2.24, 2.45) is 5.92 Å². The summed E-state index contributed by atoms with van der Waals surface area (Å²) in [5, 5.41) is 0. The molecule has 0 atom stereocenters. The normalized spacial score (nSPS) is 19.7. The Labute approximate surface area is 87.6 Å². The zero-order valence-electron chi connectivity index (χ0n) is 9.51. The molecular weight excluding hydrogens is 172 g/mol. The Kier molecular flexibility index (Phi) is 4.92. The number of ketones is 1. The molecule has 0 bridgehead atoms. The minimum Gasteiger partial charge on any atom is -0.295 e. The Balaban J connectivity index is 2.19. The number of hydrogen-bond donors (Lipinski definition) is 0. The third kappa shape index (κ3) is 4.08. The fraction of sp³-hybridized carbons (Fsp3) is 0.769. The molecule has 0 heterocycles. The number of Topliss-reactive ketones (excluding diaryl/α,β-unsaturated/α-hetero) is 1. The van der Waals surface area contributed by atoms with Crippen LogP contribution < -0.4 is 0 Å². The van der Waals surface area contributed by atoms with Gasteiger partial charge in [-0.2, -0.15) is 0 Å². The van der Waals surface area contributed by atoms with E-state index in [1.54, 1.807) is 6.92 Å². The quantitative estimate of drug-likeness (QED) is 0.621. The van der Waals surface area contributed by atoms with E-state index in [9.17, 15) is 4.79 Å². The first-order chi connectivity index (χ1) is 6.70. The van der Waals surface area contributed by atoms with Crippen molar-refractivity contribution in [3.8, 4) is 0 Å². The van der Waals surface area contributed by atoms with Crippen molar-refractivity contribution in [1.29, 1.82) is 0 Å². The Morgan fingerprint density at radius 2 is 1.86 bits per heavy atom. The minimum absolute atomic E-state index is 0.216. The van der Waals surface area contributed by atoms with Crippen LogP contribution in [0.15, 0.2) is 11.6 Å². The molecule has 0 spiro atoms. The van der Waals surface area contributed by atoms with Crippen LogP contribution in [0.2, 0.25) is 0 Å². The molecule has 1 heteroatoms. The summed E-state index contributed by atoms with van der Waals surface area (Å²) in [4.78, 5) is 11.0. The van der Waals surface area contributed by atoms with Crippen molar-refractivity contribution in [3.05, 3.63) is 11.6 Å².